The molecule has 4 aromatic rings. The van der Waals surface area contributed by atoms with Crippen LogP contribution in [0.2, 0.25) is 0 Å². The van der Waals surface area contributed by atoms with Crippen LogP contribution in [0.25, 0.3) is 11.0 Å². The van der Waals surface area contributed by atoms with Gasteiger partial charge < -0.3 is 14.5 Å². The van der Waals surface area contributed by atoms with Crippen LogP contribution in [0.4, 0.5) is 0 Å². The summed E-state index contributed by atoms with van der Waals surface area (Å²) in [6.07, 6.45) is 0. The molecule has 0 bridgehead atoms. The van der Waals surface area contributed by atoms with Gasteiger partial charge in [0.1, 0.15) is 17.1 Å². The molecule has 0 fully saturated rings. The van der Waals surface area contributed by atoms with E-state index in [1.54, 1.807) is 12.1 Å². The summed E-state index contributed by atoms with van der Waals surface area (Å²) in [6, 6.07) is 21.6. The van der Waals surface area contributed by atoms with Crippen LogP contribution in [0, 0.1) is 6.92 Å². The summed E-state index contributed by atoms with van der Waals surface area (Å²) in [5.74, 6) is 1.02. The molecule has 1 aromatic heterocycles. The highest BCUT2D eigenvalue weighted by molar-refractivity contribution is 5.99. The maximum Gasteiger partial charge on any atom is 0.288 e. The molecule has 0 aliphatic carbocycles. The first-order valence-electron chi connectivity index (χ1n) is 9.31. The van der Waals surface area contributed by atoms with Crippen molar-refractivity contribution in [2.45, 2.75) is 13.0 Å². The molecule has 29 heavy (non-hydrogen) atoms. The molecule has 5 rings (SSSR count). The lowest BCUT2D eigenvalue weighted by Gasteiger charge is -2.13. The highest BCUT2D eigenvalue weighted by Crippen LogP contribution is 2.33. The van der Waals surface area contributed by atoms with Crippen molar-refractivity contribution in [3.05, 3.63) is 105 Å². The summed E-state index contributed by atoms with van der Waals surface area (Å²) < 4.78 is 11.7. The van der Waals surface area contributed by atoms with Crippen LogP contribution in [-0.4, -0.2) is 5.91 Å². The number of hydrogen-bond acceptors (Lipinski definition) is 4. The topological polar surface area (TPSA) is 68.5 Å². The Bertz CT molecular complexity index is 1310. The number of carbonyl (C=O) groups excluding carboxylic acids is 1. The molecule has 1 unspecified atom stereocenters. The number of carbonyl (C=O) groups is 1. The maximum absolute atomic E-state index is 13.2. The molecule has 1 aliphatic rings. The molecule has 1 atom stereocenters. The highest BCUT2D eigenvalue weighted by atomic mass is 16.5. The average molecular weight is 383 g/mol. The number of amides is 1. The zero-order valence-corrected chi connectivity index (χ0v) is 15.6. The van der Waals surface area contributed by atoms with Crippen molar-refractivity contribution in [1.82, 2.24) is 5.32 Å². The van der Waals surface area contributed by atoms with E-state index in [1.165, 1.54) is 0 Å². The zero-order valence-electron chi connectivity index (χ0n) is 15.6. The van der Waals surface area contributed by atoms with E-state index in [-0.39, 0.29) is 17.1 Å². The van der Waals surface area contributed by atoms with E-state index >= 15 is 0 Å². The second-order valence-electron chi connectivity index (χ2n) is 7.07. The molecule has 0 spiro atoms. The Hall–Kier alpha value is -3.86. The van der Waals surface area contributed by atoms with Gasteiger partial charge in [0.05, 0.1) is 17.0 Å². The van der Waals surface area contributed by atoms with Crippen LogP contribution in [0.5, 0.6) is 11.5 Å². The van der Waals surface area contributed by atoms with Gasteiger partial charge in [-0.3, -0.25) is 9.59 Å². The standard InChI is InChI=1S/C24H17NO4/c1-14-10-11-19-18(12-14)22(26)20-21(25-24(27)23(20)29-19)15-6-5-9-17(13-15)28-16-7-3-2-4-8-16/h2-13,21H,1H3,(H,25,27). The van der Waals surface area contributed by atoms with Gasteiger partial charge in [-0.05, 0) is 48.9 Å². The molecule has 0 saturated carbocycles. The fraction of sp³-hybridized carbons (Fsp3) is 0.0833. The van der Waals surface area contributed by atoms with Gasteiger partial charge >= 0.3 is 0 Å². The molecule has 1 amide bonds. The number of para-hydroxylation sites is 1. The van der Waals surface area contributed by atoms with Crippen LogP contribution >= 0.6 is 0 Å². The fourth-order valence-electron chi connectivity index (χ4n) is 3.66. The Labute approximate surface area is 166 Å². The van der Waals surface area contributed by atoms with Crippen molar-refractivity contribution in [3.63, 3.8) is 0 Å². The van der Waals surface area contributed by atoms with Crippen LogP contribution in [-0.2, 0) is 0 Å². The Morgan fingerprint density at radius 2 is 1.69 bits per heavy atom. The smallest absolute Gasteiger partial charge is 0.288 e. The Balaban J connectivity index is 1.60. The number of fused-ring (bicyclic) bond motifs is 2. The van der Waals surface area contributed by atoms with Gasteiger partial charge in [0.15, 0.2) is 5.43 Å². The van der Waals surface area contributed by atoms with Crippen molar-refractivity contribution < 1.29 is 13.9 Å². The molecular weight excluding hydrogens is 366 g/mol. The summed E-state index contributed by atoms with van der Waals surface area (Å²) in [4.78, 5) is 25.7. The van der Waals surface area contributed by atoms with E-state index in [9.17, 15) is 9.59 Å². The van der Waals surface area contributed by atoms with Crippen LogP contribution in [0.15, 0.2) is 82.0 Å². The first kappa shape index (κ1) is 17.3. The number of ether oxygens (including phenoxy) is 1. The normalized spacial score (nSPS) is 15.2. The first-order valence-corrected chi connectivity index (χ1v) is 9.31. The predicted molar refractivity (Wildman–Crippen MR) is 109 cm³/mol. The first-order chi connectivity index (χ1) is 14.1. The Morgan fingerprint density at radius 1 is 0.897 bits per heavy atom. The third-order valence-corrected chi connectivity index (χ3v) is 5.02. The summed E-state index contributed by atoms with van der Waals surface area (Å²) in [6.45, 7) is 1.91. The Kier molecular flexibility index (Phi) is 3.95. The third-order valence-electron chi connectivity index (χ3n) is 5.02. The van der Waals surface area contributed by atoms with Crippen LogP contribution in [0.3, 0.4) is 0 Å². The minimum atomic E-state index is -0.585. The van der Waals surface area contributed by atoms with Crippen molar-refractivity contribution >= 4 is 16.9 Å². The lowest BCUT2D eigenvalue weighted by Crippen LogP contribution is -2.21. The van der Waals surface area contributed by atoms with E-state index in [1.807, 2.05) is 67.6 Å². The maximum atomic E-state index is 13.2. The van der Waals surface area contributed by atoms with Gasteiger partial charge in [-0.1, -0.05) is 42.0 Å². The molecule has 1 aliphatic heterocycles. The van der Waals surface area contributed by atoms with Gasteiger partial charge in [0.25, 0.3) is 5.91 Å². The highest BCUT2D eigenvalue weighted by Gasteiger charge is 2.36. The van der Waals surface area contributed by atoms with Crippen LogP contribution in [0.1, 0.15) is 33.3 Å². The van der Waals surface area contributed by atoms with Gasteiger partial charge in [-0.15, -0.1) is 0 Å². The minimum absolute atomic E-state index is 0.0748. The molecule has 142 valence electrons. The zero-order chi connectivity index (χ0) is 20.0. The third kappa shape index (κ3) is 2.97. The van der Waals surface area contributed by atoms with Crippen molar-refractivity contribution in [1.29, 1.82) is 0 Å². The molecule has 0 saturated heterocycles. The lowest BCUT2D eigenvalue weighted by atomic mass is 9.99. The molecule has 1 N–H and O–H groups in total. The van der Waals surface area contributed by atoms with Crippen molar-refractivity contribution in [2.24, 2.45) is 0 Å². The molecule has 5 heteroatoms. The van der Waals surface area contributed by atoms with Crippen molar-refractivity contribution in [2.75, 3.05) is 0 Å². The second-order valence-corrected chi connectivity index (χ2v) is 7.07. The van der Waals surface area contributed by atoms with E-state index in [4.69, 9.17) is 9.15 Å². The molecule has 0 radical (unpaired) electrons. The largest absolute Gasteiger partial charge is 0.457 e. The Morgan fingerprint density at radius 3 is 2.52 bits per heavy atom. The van der Waals surface area contributed by atoms with Gasteiger partial charge in [0.2, 0.25) is 5.76 Å². The van der Waals surface area contributed by atoms with Gasteiger partial charge in [-0.25, -0.2) is 0 Å². The van der Waals surface area contributed by atoms with Gasteiger partial charge in [0, 0.05) is 0 Å². The van der Waals surface area contributed by atoms with Gasteiger partial charge in [-0.2, -0.15) is 0 Å². The monoisotopic (exact) mass is 383 g/mol. The summed E-state index contributed by atoms with van der Waals surface area (Å²) in [7, 11) is 0. The SMILES string of the molecule is Cc1ccc2oc3c(c(=O)c2c1)C(c1cccc(Oc2ccccc2)c1)NC3=O. The van der Waals surface area contributed by atoms with E-state index in [0.717, 1.165) is 11.1 Å². The molecule has 3 aromatic carbocycles. The molecular formula is C24H17NO4. The number of rotatable bonds is 3. The predicted octanol–water partition coefficient (Wildman–Crippen LogP) is 4.73. The van der Waals surface area contributed by atoms with Crippen molar-refractivity contribution in [3.8, 4) is 11.5 Å². The van der Waals surface area contributed by atoms with E-state index in [2.05, 4.69) is 5.32 Å². The van der Waals surface area contributed by atoms with E-state index in [0.29, 0.717) is 28.0 Å². The summed E-state index contributed by atoms with van der Waals surface area (Å²) >= 11 is 0. The second kappa shape index (κ2) is 6.63. The fourth-order valence-corrected chi connectivity index (χ4v) is 3.66. The summed E-state index contributed by atoms with van der Waals surface area (Å²) in [5.41, 5.74) is 2.27. The molecule has 2 heterocycles. The quantitative estimate of drug-likeness (QED) is 0.555. The summed E-state index contributed by atoms with van der Waals surface area (Å²) in [5, 5.41) is 3.34. The average Bonchev–Trinajstić information content (AvgIpc) is 3.06. The minimum Gasteiger partial charge on any atom is -0.457 e. The van der Waals surface area contributed by atoms with E-state index < -0.39 is 6.04 Å². The number of hydrogen-bond donors (Lipinski definition) is 1. The number of benzene rings is 3. The molecule has 5 nitrogen and oxygen atoms in total. The lowest BCUT2D eigenvalue weighted by molar-refractivity contribution is 0.0938. The number of aryl methyl sites for hydroxylation is 1. The number of nitrogens with one attached hydrogen (secondary N) is 1. The van der Waals surface area contributed by atoms with Crippen LogP contribution < -0.4 is 15.5 Å².